The number of carbonyl (C=O) groups is 1. The lowest BCUT2D eigenvalue weighted by molar-refractivity contribution is 0.0647. The van der Waals surface area contributed by atoms with Gasteiger partial charge in [0.25, 0.3) is 5.91 Å². The van der Waals surface area contributed by atoms with Gasteiger partial charge in [-0.2, -0.15) is 0 Å². The lowest BCUT2D eigenvalue weighted by atomic mass is 10.0. The zero-order valence-electron chi connectivity index (χ0n) is 11.6. The SMILES string of the molecule is CCN(C(=O)c1ccc(Cl)cc1F)C1CCCC1CN. The molecule has 5 heteroatoms. The molecule has 2 rings (SSSR count). The van der Waals surface area contributed by atoms with Gasteiger partial charge in [0.15, 0.2) is 0 Å². The number of halogens is 2. The number of hydrogen-bond acceptors (Lipinski definition) is 2. The van der Waals surface area contributed by atoms with Crippen molar-refractivity contribution in [1.29, 1.82) is 0 Å². The van der Waals surface area contributed by atoms with Crippen LogP contribution in [0, 0.1) is 11.7 Å². The minimum absolute atomic E-state index is 0.0823. The van der Waals surface area contributed by atoms with E-state index in [1.807, 2.05) is 6.92 Å². The number of hydrogen-bond donors (Lipinski definition) is 1. The predicted octanol–water partition coefficient (Wildman–Crippen LogP) is 3.07. The maximum Gasteiger partial charge on any atom is 0.257 e. The summed E-state index contributed by atoms with van der Waals surface area (Å²) in [5, 5.41) is 0.294. The highest BCUT2D eigenvalue weighted by molar-refractivity contribution is 6.30. The molecule has 1 aromatic carbocycles. The quantitative estimate of drug-likeness (QED) is 0.928. The van der Waals surface area contributed by atoms with E-state index in [0.29, 0.717) is 24.0 Å². The summed E-state index contributed by atoms with van der Waals surface area (Å²) in [6.45, 7) is 3.04. The van der Waals surface area contributed by atoms with Crippen molar-refractivity contribution in [2.24, 2.45) is 11.7 Å². The van der Waals surface area contributed by atoms with Crippen molar-refractivity contribution in [2.45, 2.75) is 32.2 Å². The molecule has 3 nitrogen and oxygen atoms in total. The maximum atomic E-state index is 13.9. The fourth-order valence-corrected chi connectivity index (χ4v) is 3.21. The Morgan fingerprint density at radius 3 is 2.85 bits per heavy atom. The van der Waals surface area contributed by atoms with E-state index in [0.717, 1.165) is 19.3 Å². The second kappa shape index (κ2) is 6.55. The molecule has 1 aliphatic carbocycles. The van der Waals surface area contributed by atoms with Crippen LogP contribution in [0.25, 0.3) is 0 Å². The molecule has 0 aromatic heterocycles. The molecule has 1 aromatic rings. The van der Waals surface area contributed by atoms with Crippen LogP contribution >= 0.6 is 11.6 Å². The first-order chi connectivity index (χ1) is 9.58. The highest BCUT2D eigenvalue weighted by Crippen LogP contribution is 2.30. The zero-order chi connectivity index (χ0) is 14.7. The Labute approximate surface area is 123 Å². The molecule has 110 valence electrons. The van der Waals surface area contributed by atoms with E-state index in [-0.39, 0.29) is 17.5 Å². The Balaban J connectivity index is 2.24. The van der Waals surface area contributed by atoms with Crippen molar-refractivity contribution < 1.29 is 9.18 Å². The molecular weight excluding hydrogens is 279 g/mol. The molecule has 2 atom stereocenters. The molecule has 1 fully saturated rings. The Morgan fingerprint density at radius 1 is 1.50 bits per heavy atom. The van der Waals surface area contributed by atoms with Crippen LogP contribution in [0.1, 0.15) is 36.5 Å². The van der Waals surface area contributed by atoms with Gasteiger partial charge in [-0.05, 0) is 50.4 Å². The number of amides is 1. The van der Waals surface area contributed by atoms with Crippen LogP contribution in [-0.4, -0.2) is 29.9 Å². The number of nitrogens with two attached hydrogens (primary N) is 1. The zero-order valence-corrected chi connectivity index (χ0v) is 12.4. The van der Waals surface area contributed by atoms with Gasteiger partial charge in [0, 0.05) is 17.6 Å². The third-order valence-electron chi connectivity index (χ3n) is 4.09. The molecule has 2 unspecified atom stereocenters. The third-order valence-corrected chi connectivity index (χ3v) is 4.32. The topological polar surface area (TPSA) is 46.3 Å². The first-order valence-corrected chi connectivity index (χ1v) is 7.42. The Bertz CT molecular complexity index is 495. The Morgan fingerprint density at radius 2 is 2.25 bits per heavy atom. The van der Waals surface area contributed by atoms with E-state index in [1.165, 1.54) is 12.1 Å². The van der Waals surface area contributed by atoms with Gasteiger partial charge in [-0.15, -0.1) is 0 Å². The highest BCUT2D eigenvalue weighted by Gasteiger charge is 2.34. The molecule has 1 saturated carbocycles. The maximum absolute atomic E-state index is 13.9. The van der Waals surface area contributed by atoms with E-state index in [9.17, 15) is 9.18 Å². The van der Waals surface area contributed by atoms with E-state index in [4.69, 9.17) is 17.3 Å². The lowest BCUT2D eigenvalue weighted by Crippen LogP contribution is -2.44. The van der Waals surface area contributed by atoms with Gasteiger partial charge in [0.05, 0.1) is 5.56 Å². The molecule has 0 saturated heterocycles. The molecule has 0 bridgehead atoms. The van der Waals surface area contributed by atoms with Crippen LogP contribution in [0.3, 0.4) is 0 Å². The van der Waals surface area contributed by atoms with Crippen molar-refractivity contribution in [2.75, 3.05) is 13.1 Å². The standard InChI is InChI=1S/C15H20ClFN2O/c1-2-19(14-5-3-4-10(14)9-18)15(20)12-7-6-11(16)8-13(12)17/h6-8,10,14H,2-5,9,18H2,1H3. The van der Waals surface area contributed by atoms with Crippen molar-refractivity contribution in [3.8, 4) is 0 Å². The van der Waals surface area contributed by atoms with E-state index in [2.05, 4.69) is 0 Å². The highest BCUT2D eigenvalue weighted by atomic mass is 35.5. The van der Waals surface area contributed by atoms with Crippen molar-refractivity contribution in [3.05, 3.63) is 34.6 Å². The fraction of sp³-hybridized carbons (Fsp3) is 0.533. The minimum atomic E-state index is -0.566. The van der Waals surface area contributed by atoms with Gasteiger partial charge in [-0.1, -0.05) is 18.0 Å². The largest absolute Gasteiger partial charge is 0.336 e. The summed E-state index contributed by atoms with van der Waals surface area (Å²) in [7, 11) is 0. The molecular formula is C15H20ClFN2O. The molecule has 1 aliphatic rings. The average Bonchev–Trinajstić information content (AvgIpc) is 2.87. The normalized spacial score (nSPS) is 22.0. The number of nitrogens with zero attached hydrogens (tertiary/aromatic N) is 1. The number of benzene rings is 1. The van der Waals surface area contributed by atoms with Crippen molar-refractivity contribution in [3.63, 3.8) is 0 Å². The molecule has 2 N–H and O–H groups in total. The van der Waals surface area contributed by atoms with Crippen LogP contribution in [0.15, 0.2) is 18.2 Å². The van der Waals surface area contributed by atoms with Gasteiger partial charge in [-0.25, -0.2) is 4.39 Å². The van der Waals surface area contributed by atoms with Gasteiger partial charge in [-0.3, -0.25) is 4.79 Å². The summed E-state index contributed by atoms with van der Waals surface area (Å²) in [4.78, 5) is 14.3. The summed E-state index contributed by atoms with van der Waals surface area (Å²) < 4.78 is 13.9. The first kappa shape index (κ1) is 15.3. The molecule has 0 spiro atoms. The molecule has 20 heavy (non-hydrogen) atoms. The van der Waals surface area contributed by atoms with Crippen LogP contribution in [0.5, 0.6) is 0 Å². The van der Waals surface area contributed by atoms with Crippen LogP contribution in [-0.2, 0) is 0 Å². The second-order valence-electron chi connectivity index (χ2n) is 5.21. The monoisotopic (exact) mass is 298 g/mol. The first-order valence-electron chi connectivity index (χ1n) is 7.04. The summed E-state index contributed by atoms with van der Waals surface area (Å²) in [5.41, 5.74) is 5.86. The third kappa shape index (κ3) is 2.96. The van der Waals surface area contributed by atoms with E-state index in [1.54, 1.807) is 11.0 Å². The van der Waals surface area contributed by atoms with Crippen LogP contribution in [0.4, 0.5) is 4.39 Å². The molecule has 0 heterocycles. The molecule has 0 radical (unpaired) electrons. The number of rotatable bonds is 4. The smallest absolute Gasteiger partial charge is 0.257 e. The summed E-state index contributed by atoms with van der Waals surface area (Å²) in [6.07, 6.45) is 3.05. The summed E-state index contributed by atoms with van der Waals surface area (Å²) in [5.74, 6) is -0.524. The van der Waals surface area contributed by atoms with Gasteiger partial charge < -0.3 is 10.6 Å². The fourth-order valence-electron chi connectivity index (χ4n) is 3.05. The van der Waals surface area contributed by atoms with Gasteiger partial charge in [0.2, 0.25) is 0 Å². The summed E-state index contributed by atoms with van der Waals surface area (Å²) in [6, 6.07) is 4.29. The van der Waals surface area contributed by atoms with E-state index < -0.39 is 5.82 Å². The predicted molar refractivity (Wildman–Crippen MR) is 78.3 cm³/mol. The van der Waals surface area contributed by atoms with E-state index >= 15 is 0 Å². The second-order valence-corrected chi connectivity index (χ2v) is 5.65. The minimum Gasteiger partial charge on any atom is -0.336 e. The average molecular weight is 299 g/mol. The van der Waals surface area contributed by atoms with Crippen molar-refractivity contribution in [1.82, 2.24) is 4.90 Å². The van der Waals surface area contributed by atoms with Crippen molar-refractivity contribution >= 4 is 17.5 Å². The lowest BCUT2D eigenvalue weighted by Gasteiger charge is -2.32. The molecule has 0 aliphatic heterocycles. The Hall–Kier alpha value is -1.13. The number of carbonyl (C=O) groups excluding carboxylic acids is 1. The van der Waals surface area contributed by atoms with Gasteiger partial charge in [0.1, 0.15) is 5.82 Å². The Kier molecular flexibility index (Phi) is 5.00. The van der Waals surface area contributed by atoms with Crippen LogP contribution in [0.2, 0.25) is 5.02 Å². The van der Waals surface area contributed by atoms with Gasteiger partial charge >= 0.3 is 0 Å². The summed E-state index contributed by atoms with van der Waals surface area (Å²) >= 11 is 5.73. The molecule has 1 amide bonds. The van der Waals surface area contributed by atoms with Crippen LogP contribution < -0.4 is 5.73 Å².